The Hall–Kier alpha value is -1.88. The largest absolute Gasteiger partial charge is 0.144 e. The predicted molar refractivity (Wildman–Crippen MR) is 120 cm³/mol. The molecule has 0 spiro atoms. The first-order valence-electron chi connectivity index (χ1n) is 8.54. The molecule has 4 aromatic rings. The van der Waals surface area contributed by atoms with Crippen molar-refractivity contribution in [2.75, 3.05) is 0 Å². The summed E-state index contributed by atoms with van der Waals surface area (Å²) in [6, 6.07) is 43.8. The van der Waals surface area contributed by atoms with Crippen molar-refractivity contribution in [2.45, 2.75) is 0 Å². The van der Waals surface area contributed by atoms with Crippen LogP contribution in [-0.4, -0.2) is 17.1 Å². The molecule has 0 aliphatic rings. The van der Waals surface area contributed by atoms with Crippen molar-refractivity contribution < 1.29 is 12.4 Å². The summed E-state index contributed by atoms with van der Waals surface area (Å²) in [7, 11) is -1.91. The summed E-state index contributed by atoms with van der Waals surface area (Å²) in [5, 5.41) is 5.55. The summed E-state index contributed by atoms with van der Waals surface area (Å²) >= 11 is 0. The molecule has 4 aromatic carbocycles. The van der Waals surface area contributed by atoms with Crippen LogP contribution in [0.2, 0.25) is 0 Å². The summed E-state index contributed by atoms with van der Waals surface area (Å²) < 4.78 is 0. The Kier molecular flexibility index (Phi) is 7.84. The van der Waals surface area contributed by atoms with Crippen LogP contribution >= 0.6 is 7.26 Å². The quantitative estimate of drug-likeness (QED) is 0.309. The first-order chi connectivity index (χ1) is 12.4. The van der Waals surface area contributed by atoms with E-state index in [9.17, 15) is 0 Å². The molecule has 0 aromatic heterocycles. The van der Waals surface area contributed by atoms with Gasteiger partial charge in [-0.05, 0) is 48.5 Å². The predicted octanol–water partition coefficient (Wildman–Crippen LogP) is 0.394. The fourth-order valence-corrected chi connectivity index (χ4v) is 7.77. The Labute approximate surface area is 178 Å². The van der Waals surface area contributed by atoms with E-state index in [1.807, 2.05) is 0 Å². The molecule has 0 atom stereocenters. The molecule has 4 rings (SSSR count). The first kappa shape index (κ1) is 21.4. The minimum atomic E-state index is -1.91. The van der Waals surface area contributed by atoms with E-state index in [1.165, 1.54) is 21.2 Å². The monoisotopic (exact) mass is 456 g/mol. The van der Waals surface area contributed by atoms with Gasteiger partial charge in [0.2, 0.25) is 0 Å². The summed E-state index contributed by atoms with van der Waals surface area (Å²) in [5.41, 5.74) is 0. The number of hydrogen-bond donors (Lipinski definition) is 0. The Bertz CT molecular complexity index is 765. The second-order valence-electron chi connectivity index (χ2n) is 6.01. The van der Waals surface area contributed by atoms with Crippen LogP contribution in [0.3, 0.4) is 0 Å². The normalized spacial score (nSPS) is 10.4. The van der Waals surface area contributed by atoms with E-state index >= 15 is 0 Å². The average molecular weight is 456 g/mol. The van der Waals surface area contributed by atoms with Crippen molar-refractivity contribution in [3.63, 3.8) is 0 Å². The Morgan fingerprint density at radius 2 is 0.519 bits per heavy atom. The van der Waals surface area contributed by atoms with E-state index in [1.54, 1.807) is 0 Å². The molecule has 27 heavy (non-hydrogen) atoms. The van der Waals surface area contributed by atoms with E-state index in [0.29, 0.717) is 0 Å². The topological polar surface area (TPSA) is 0 Å². The smallest absolute Gasteiger partial charge is 0.0620 e. The zero-order chi connectivity index (χ0) is 17.0. The van der Waals surface area contributed by atoms with E-state index in [0.717, 1.165) is 0 Å². The Morgan fingerprint density at radius 1 is 0.333 bits per heavy atom. The van der Waals surface area contributed by atoms with Crippen LogP contribution in [0.5, 0.6) is 0 Å². The maximum Gasteiger partial charge on any atom is 0.144 e. The maximum absolute atomic E-state index is 2.28. The van der Waals surface area contributed by atoms with Crippen LogP contribution in [0.4, 0.5) is 0 Å². The Balaban J connectivity index is 0.00000131. The minimum Gasteiger partial charge on any atom is -0.0620 e. The second kappa shape index (κ2) is 9.88. The van der Waals surface area contributed by atoms with E-state index in [2.05, 4.69) is 121 Å². The van der Waals surface area contributed by atoms with Crippen LogP contribution in [0.15, 0.2) is 121 Å². The van der Waals surface area contributed by atoms with Crippen molar-refractivity contribution in [3.05, 3.63) is 121 Å². The van der Waals surface area contributed by atoms with Gasteiger partial charge in [-0.25, -0.2) is 0 Å². The third kappa shape index (κ3) is 4.03. The van der Waals surface area contributed by atoms with Crippen LogP contribution in [-0.2, 0) is 0 Å². The molecule has 0 amide bonds. The summed E-state index contributed by atoms with van der Waals surface area (Å²) in [5.74, 6) is 0. The van der Waals surface area contributed by atoms with Gasteiger partial charge in [-0.1, -0.05) is 72.8 Å². The van der Waals surface area contributed by atoms with E-state index < -0.39 is 7.26 Å². The van der Waals surface area contributed by atoms with Crippen molar-refractivity contribution in [3.8, 4) is 0 Å². The minimum absolute atomic E-state index is 0. The van der Waals surface area contributed by atoms with Gasteiger partial charge in [0.15, 0.2) is 0 Å². The Morgan fingerprint density at radius 3 is 0.704 bits per heavy atom. The van der Waals surface area contributed by atoms with Gasteiger partial charge in [-0.3, -0.25) is 0 Å². The zero-order valence-corrected chi connectivity index (χ0v) is 18.6. The van der Waals surface area contributed by atoms with Crippen LogP contribution in [0.1, 0.15) is 0 Å². The molecule has 0 fully saturated rings. The van der Waals surface area contributed by atoms with Crippen LogP contribution < -0.4 is 33.6 Å². The molecule has 0 radical (unpaired) electrons. The molecular formula is C24H22ClPSe. The van der Waals surface area contributed by atoms with E-state index in [4.69, 9.17) is 0 Å². The third-order valence-corrected chi connectivity index (χ3v) is 8.86. The summed E-state index contributed by atoms with van der Waals surface area (Å²) in [6.07, 6.45) is 0. The van der Waals surface area contributed by atoms with Gasteiger partial charge in [-0.2, -0.15) is 0 Å². The van der Waals surface area contributed by atoms with Crippen molar-refractivity contribution >= 4 is 45.5 Å². The zero-order valence-electron chi connectivity index (χ0n) is 14.9. The molecule has 3 heteroatoms. The standard InChI is InChI=1S/C24H20P.ClH.H2Se/c1-5-13-21(14-6-1)25(22-15-7-2-8-16-22,23-17-9-3-10-18-23)24-19-11-4-12-20-24;;/h1-20H;1H;1H2/q+1;;/p-1. The average Bonchev–Trinajstić information content (AvgIpc) is 2.72. The molecule has 0 heterocycles. The molecule has 0 bridgehead atoms. The molecule has 0 unspecified atom stereocenters. The van der Waals surface area contributed by atoms with Gasteiger partial charge in [0.25, 0.3) is 0 Å². The molecular weight excluding hydrogens is 434 g/mol. The van der Waals surface area contributed by atoms with Gasteiger partial charge in [0.1, 0.15) is 28.5 Å². The molecule has 0 aliphatic heterocycles. The molecule has 136 valence electrons. The second-order valence-corrected chi connectivity index (χ2v) is 9.42. The molecule has 0 saturated heterocycles. The van der Waals surface area contributed by atoms with Crippen molar-refractivity contribution in [1.82, 2.24) is 0 Å². The van der Waals surface area contributed by atoms with Gasteiger partial charge >= 0.3 is 17.1 Å². The number of rotatable bonds is 4. The summed E-state index contributed by atoms with van der Waals surface area (Å²) in [6.45, 7) is 0. The third-order valence-electron chi connectivity index (χ3n) is 4.57. The first-order valence-corrected chi connectivity index (χ1v) is 10.3. The molecule has 0 aliphatic carbocycles. The van der Waals surface area contributed by atoms with Gasteiger partial charge in [0, 0.05) is 0 Å². The number of benzene rings is 4. The van der Waals surface area contributed by atoms with Crippen molar-refractivity contribution in [2.24, 2.45) is 0 Å². The van der Waals surface area contributed by atoms with Crippen LogP contribution in [0.25, 0.3) is 0 Å². The SMILES string of the molecule is [Cl-].[SeH2].c1ccc([P+](c2ccccc2)(c2ccccc2)c2ccccc2)cc1. The van der Waals surface area contributed by atoms with Crippen LogP contribution in [0, 0.1) is 0 Å². The molecule has 0 saturated carbocycles. The van der Waals surface area contributed by atoms with Gasteiger partial charge < -0.3 is 12.4 Å². The fourth-order valence-electron chi connectivity index (χ4n) is 3.50. The fraction of sp³-hybridized carbons (Fsp3) is 0. The number of hydrogen-bond acceptors (Lipinski definition) is 0. The molecule has 0 nitrogen and oxygen atoms in total. The van der Waals surface area contributed by atoms with Gasteiger partial charge in [0.05, 0.1) is 0 Å². The van der Waals surface area contributed by atoms with Crippen molar-refractivity contribution in [1.29, 1.82) is 0 Å². The summed E-state index contributed by atoms with van der Waals surface area (Å²) in [4.78, 5) is 0. The maximum atomic E-state index is 2.28. The molecule has 0 N–H and O–H groups in total. The number of halogens is 1. The van der Waals surface area contributed by atoms with Gasteiger partial charge in [-0.15, -0.1) is 0 Å². The van der Waals surface area contributed by atoms with E-state index in [-0.39, 0.29) is 29.5 Å².